The van der Waals surface area contributed by atoms with Crippen LogP contribution in [0.25, 0.3) is 22.2 Å². The van der Waals surface area contributed by atoms with Crippen molar-refractivity contribution in [3.8, 4) is 11.3 Å². The quantitative estimate of drug-likeness (QED) is 0.407. The van der Waals surface area contributed by atoms with E-state index in [9.17, 15) is 13.2 Å². The first-order valence-electron chi connectivity index (χ1n) is 8.22. The van der Waals surface area contributed by atoms with Gasteiger partial charge in [-0.3, -0.25) is 4.98 Å². The van der Waals surface area contributed by atoms with Crippen LogP contribution in [-0.4, -0.2) is 15.0 Å². The molecular weight excluding hydrogens is 433 g/mol. The lowest BCUT2D eigenvalue weighted by molar-refractivity contribution is -0.137. The Bertz CT molecular complexity index is 1140. The maximum atomic E-state index is 12.7. The summed E-state index contributed by atoms with van der Waals surface area (Å²) in [5.41, 5.74) is 2.11. The molecule has 0 aliphatic heterocycles. The largest absolute Gasteiger partial charge is 0.416 e. The van der Waals surface area contributed by atoms with Crippen LogP contribution in [0.1, 0.15) is 5.56 Å². The van der Waals surface area contributed by atoms with E-state index in [1.807, 2.05) is 30.3 Å². The Morgan fingerprint density at radius 1 is 0.893 bits per heavy atom. The summed E-state index contributed by atoms with van der Waals surface area (Å²) >= 11 is 3.50. The van der Waals surface area contributed by atoms with Gasteiger partial charge in [-0.15, -0.1) is 0 Å². The zero-order valence-corrected chi connectivity index (χ0v) is 15.8. The summed E-state index contributed by atoms with van der Waals surface area (Å²) in [4.78, 5) is 12.9. The fourth-order valence-electron chi connectivity index (χ4n) is 2.75. The van der Waals surface area contributed by atoms with Crippen molar-refractivity contribution in [2.24, 2.45) is 0 Å². The third kappa shape index (κ3) is 3.68. The Balaban J connectivity index is 1.66. The highest BCUT2D eigenvalue weighted by atomic mass is 79.9. The van der Waals surface area contributed by atoms with Gasteiger partial charge in [0.05, 0.1) is 21.2 Å². The fraction of sp³-hybridized carbons (Fsp3) is 0.0500. The monoisotopic (exact) mass is 444 g/mol. The molecule has 8 heteroatoms. The molecule has 0 saturated heterocycles. The smallest absolute Gasteiger partial charge is 0.339 e. The van der Waals surface area contributed by atoms with E-state index in [0.717, 1.165) is 28.6 Å². The molecule has 0 unspecified atom stereocenters. The van der Waals surface area contributed by atoms with Crippen molar-refractivity contribution in [1.82, 2.24) is 15.0 Å². The van der Waals surface area contributed by atoms with Gasteiger partial charge in [0.1, 0.15) is 12.1 Å². The number of rotatable bonds is 3. The van der Waals surface area contributed by atoms with Crippen molar-refractivity contribution in [2.45, 2.75) is 6.18 Å². The van der Waals surface area contributed by atoms with Gasteiger partial charge in [-0.05, 0) is 52.3 Å². The maximum Gasteiger partial charge on any atom is 0.416 e. The second kappa shape index (κ2) is 7.20. The molecule has 0 radical (unpaired) electrons. The van der Waals surface area contributed by atoms with Crippen molar-refractivity contribution in [3.05, 3.63) is 77.2 Å². The molecule has 2 aromatic heterocycles. The summed E-state index contributed by atoms with van der Waals surface area (Å²) in [6.45, 7) is 0. The number of nitrogens with zero attached hydrogens (tertiary/aromatic N) is 3. The number of hydrogen-bond donors (Lipinski definition) is 1. The molecule has 0 fully saturated rings. The van der Waals surface area contributed by atoms with Gasteiger partial charge in [0.25, 0.3) is 0 Å². The predicted molar refractivity (Wildman–Crippen MR) is 105 cm³/mol. The topological polar surface area (TPSA) is 50.7 Å². The van der Waals surface area contributed by atoms with Crippen LogP contribution in [0.3, 0.4) is 0 Å². The van der Waals surface area contributed by atoms with Crippen LogP contribution in [0.5, 0.6) is 0 Å². The number of halogens is 4. The number of pyridine rings is 1. The average Bonchev–Trinajstić information content (AvgIpc) is 2.69. The first-order valence-corrected chi connectivity index (χ1v) is 9.01. The number of benzene rings is 2. The summed E-state index contributed by atoms with van der Waals surface area (Å²) < 4.78 is 38.7. The highest BCUT2D eigenvalue weighted by Gasteiger charge is 2.30. The molecule has 28 heavy (non-hydrogen) atoms. The first-order chi connectivity index (χ1) is 13.4. The highest BCUT2D eigenvalue weighted by Crippen LogP contribution is 2.34. The van der Waals surface area contributed by atoms with E-state index < -0.39 is 11.7 Å². The summed E-state index contributed by atoms with van der Waals surface area (Å²) in [6.07, 6.45) is -1.25. The maximum absolute atomic E-state index is 12.7. The lowest BCUT2D eigenvalue weighted by Gasteiger charge is -2.12. The van der Waals surface area contributed by atoms with E-state index in [4.69, 9.17) is 0 Å². The molecule has 0 atom stereocenters. The summed E-state index contributed by atoms with van der Waals surface area (Å²) in [5.74, 6) is 0.450. The van der Waals surface area contributed by atoms with Crippen molar-refractivity contribution >= 4 is 38.3 Å². The lowest BCUT2D eigenvalue weighted by atomic mass is 10.1. The number of anilines is 2. The minimum Gasteiger partial charge on any atom is -0.339 e. The Morgan fingerprint density at radius 3 is 2.43 bits per heavy atom. The van der Waals surface area contributed by atoms with Crippen LogP contribution < -0.4 is 5.32 Å². The second-order valence-corrected chi connectivity index (χ2v) is 6.79. The molecule has 4 aromatic rings. The summed E-state index contributed by atoms with van der Waals surface area (Å²) in [7, 11) is 0. The van der Waals surface area contributed by atoms with Gasteiger partial charge in [0, 0.05) is 22.8 Å². The van der Waals surface area contributed by atoms with Gasteiger partial charge in [-0.25, -0.2) is 9.97 Å². The molecule has 4 rings (SSSR count). The molecule has 0 spiro atoms. The van der Waals surface area contributed by atoms with Crippen molar-refractivity contribution in [2.75, 3.05) is 5.32 Å². The van der Waals surface area contributed by atoms with Crippen LogP contribution in [0.15, 0.2) is 71.6 Å². The number of nitrogens with one attached hydrogen (secondary N) is 1. The van der Waals surface area contributed by atoms with E-state index in [0.29, 0.717) is 21.7 Å². The highest BCUT2D eigenvalue weighted by molar-refractivity contribution is 9.10. The molecule has 2 aromatic carbocycles. The number of fused-ring (bicyclic) bond motifs is 1. The summed E-state index contributed by atoms with van der Waals surface area (Å²) in [6, 6.07) is 14.4. The first kappa shape index (κ1) is 18.4. The van der Waals surface area contributed by atoms with E-state index in [-0.39, 0.29) is 0 Å². The average molecular weight is 445 g/mol. The Morgan fingerprint density at radius 2 is 1.68 bits per heavy atom. The van der Waals surface area contributed by atoms with Crippen molar-refractivity contribution in [3.63, 3.8) is 0 Å². The van der Waals surface area contributed by atoms with Gasteiger partial charge in [0.2, 0.25) is 0 Å². The Labute approximate surface area is 166 Å². The third-order valence-corrected chi connectivity index (χ3v) is 4.89. The molecule has 0 aliphatic rings. The van der Waals surface area contributed by atoms with Gasteiger partial charge in [-0.1, -0.05) is 18.2 Å². The zero-order valence-electron chi connectivity index (χ0n) is 14.2. The van der Waals surface area contributed by atoms with Crippen LogP contribution in [0, 0.1) is 0 Å². The van der Waals surface area contributed by atoms with Gasteiger partial charge in [-0.2, -0.15) is 13.2 Å². The molecule has 0 amide bonds. The molecular formula is C20H12BrF3N4. The Hall–Kier alpha value is -3.00. The van der Waals surface area contributed by atoms with Crippen LogP contribution in [-0.2, 0) is 6.18 Å². The zero-order chi connectivity index (χ0) is 19.7. The summed E-state index contributed by atoms with van der Waals surface area (Å²) in [5, 5.41) is 4.03. The van der Waals surface area contributed by atoms with Crippen LogP contribution in [0.4, 0.5) is 24.7 Å². The molecule has 2 heterocycles. The molecule has 1 N–H and O–H groups in total. The third-order valence-electron chi connectivity index (χ3n) is 4.14. The number of hydrogen-bond acceptors (Lipinski definition) is 4. The van der Waals surface area contributed by atoms with Crippen molar-refractivity contribution < 1.29 is 13.2 Å². The molecule has 0 bridgehead atoms. The number of alkyl halides is 3. The Kier molecular flexibility index (Phi) is 4.72. The molecule has 0 aliphatic carbocycles. The standard InChI is InChI=1S/C20H12BrF3N4/c21-17-18(13-4-3-12-2-1-9-25-16(12)10-13)26-11-27-19(17)28-15-7-5-14(6-8-15)20(22,23)24/h1-11H,(H,26,27,28). The molecule has 4 nitrogen and oxygen atoms in total. The van der Waals surface area contributed by atoms with Crippen LogP contribution >= 0.6 is 15.9 Å². The number of aromatic nitrogens is 3. The van der Waals surface area contributed by atoms with E-state index >= 15 is 0 Å². The van der Waals surface area contributed by atoms with E-state index in [1.54, 1.807) is 6.20 Å². The van der Waals surface area contributed by atoms with E-state index in [1.165, 1.54) is 18.5 Å². The lowest BCUT2D eigenvalue weighted by Crippen LogP contribution is -2.04. The fourth-order valence-corrected chi connectivity index (χ4v) is 3.28. The van der Waals surface area contributed by atoms with Crippen LogP contribution in [0.2, 0.25) is 0 Å². The van der Waals surface area contributed by atoms with Crippen molar-refractivity contribution in [1.29, 1.82) is 0 Å². The van der Waals surface area contributed by atoms with Gasteiger partial charge < -0.3 is 5.32 Å². The second-order valence-electron chi connectivity index (χ2n) is 6.00. The van der Waals surface area contributed by atoms with E-state index in [2.05, 4.69) is 36.2 Å². The molecule has 140 valence electrons. The van der Waals surface area contributed by atoms with Gasteiger partial charge >= 0.3 is 6.18 Å². The normalized spacial score (nSPS) is 11.6. The molecule has 0 saturated carbocycles. The predicted octanol–water partition coefficient (Wildman–Crippen LogP) is 6.22. The minimum absolute atomic E-state index is 0.450. The SMILES string of the molecule is FC(F)(F)c1ccc(Nc2ncnc(-c3ccc4cccnc4c3)c2Br)cc1. The van der Waals surface area contributed by atoms with Gasteiger partial charge in [0.15, 0.2) is 0 Å². The minimum atomic E-state index is -4.37.